The molecule has 2 rings (SSSR count). The summed E-state index contributed by atoms with van der Waals surface area (Å²) in [7, 11) is 0. The number of halogens is 1. The van der Waals surface area contributed by atoms with Crippen LogP contribution in [0.15, 0.2) is 28.7 Å². The molecule has 0 aromatic heterocycles. The molecule has 1 fully saturated rings. The summed E-state index contributed by atoms with van der Waals surface area (Å²) in [4.78, 5) is 2.42. The second-order valence-electron chi connectivity index (χ2n) is 4.50. The highest BCUT2D eigenvalue weighted by Crippen LogP contribution is 2.15. The molecule has 1 aliphatic rings. The Morgan fingerprint density at radius 2 is 2.06 bits per heavy atom. The Morgan fingerprint density at radius 1 is 1.17 bits per heavy atom. The fourth-order valence-corrected chi connectivity index (χ4v) is 2.45. The van der Waals surface area contributed by atoms with E-state index >= 15 is 0 Å². The zero-order valence-electron chi connectivity index (χ0n) is 10.6. The molecule has 0 aliphatic carbocycles. The highest BCUT2D eigenvalue weighted by molar-refractivity contribution is 9.10. The lowest BCUT2D eigenvalue weighted by Crippen LogP contribution is -2.28. The fourth-order valence-electron chi connectivity index (χ4n) is 2.03. The molecular formula is C15H19BrN2. The minimum atomic E-state index is 0.827. The number of nitrogens with one attached hydrogen (secondary N) is 1. The van der Waals surface area contributed by atoms with E-state index in [9.17, 15) is 0 Å². The molecule has 1 aromatic rings. The standard InChI is InChI=1S/C15H19BrN2/c16-15-8-2-1-6-14(15)7-3-4-11-18-12-5-9-17-10-13-18/h1-2,6,8,17H,5,7,9-13H2. The average Bonchev–Trinajstić information content (AvgIpc) is 2.65. The Labute approximate surface area is 118 Å². The van der Waals surface area contributed by atoms with Crippen molar-refractivity contribution in [3.05, 3.63) is 34.3 Å². The van der Waals surface area contributed by atoms with E-state index in [4.69, 9.17) is 0 Å². The van der Waals surface area contributed by atoms with Gasteiger partial charge in [-0.25, -0.2) is 0 Å². The predicted molar refractivity (Wildman–Crippen MR) is 79.5 cm³/mol. The lowest BCUT2D eigenvalue weighted by molar-refractivity contribution is 0.329. The predicted octanol–water partition coefficient (Wildman–Crippen LogP) is 2.29. The largest absolute Gasteiger partial charge is 0.315 e. The molecule has 1 N–H and O–H groups in total. The maximum atomic E-state index is 3.55. The van der Waals surface area contributed by atoms with Crippen molar-refractivity contribution >= 4 is 15.9 Å². The minimum Gasteiger partial charge on any atom is -0.315 e. The quantitative estimate of drug-likeness (QED) is 0.844. The molecule has 0 spiro atoms. The summed E-state index contributed by atoms with van der Waals surface area (Å²) < 4.78 is 1.15. The first kappa shape index (κ1) is 13.6. The van der Waals surface area contributed by atoms with Gasteiger partial charge in [0.25, 0.3) is 0 Å². The van der Waals surface area contributed by atoms with Gasteiger partial charge < -0.3 is 5.32 Å². The molecule has 0 radical (unpaired) electrons. The van der Waals surface area contributed by atoms with Gasteiger partial charge in [-0.2, -0.15) is 0 Å². The Kier molecular flexibility index (Phi) is 5.73. The third-order valence-electron chi connectivity index (χ3n) is 3.10. The van der Waals surface area contributed by atoms with Crippen LogP contribution in [-0.4, -0.2) is 37.6 Å². The molecule has 96 valence electrons. The van der Waals surface area contributed by atoms with Crippen molar-refractivity contribution in [2.45, 2.75) is 12.8 Å². The van der Waals surface area contributed by atoms with Gasteiger partial charge in [0.1, 0.15) is 0 Å². The van der Waals surface area contributed by atoms with Crippen LogP contribution in [0.4, 0.5) is 0 Å². The Hall–Kier alpha value is -0.820. The van der Waals surface area contributed by atoms with Crippen LogP contribution in [0.25, 0.3) is 0 Å². The number of hydrogen-bond donors (Lipinski definition) is 1. The van der Waals surface area contributed by atoms with E-state index in [2.05, 4.69) is 56.2 Å². The Balaban J connectivity index is 1.80. The van der Waals surface area contributed by atoms with Crippen LogP contribution < -0.4 is 5.32 Å². The van der Waals surface area contributed by atoms with E-state index in [1.54, 1.807) is 0 Å². The summed E-state index contributed by atoms with van der Waals surface area (Å²) in [5.74, 6) is 6.55. The molecule has 2 nitrogen and oxygen atoms in total. The Morgan fingerprint density at radius 3 is 2.94 bits per heavy atom. The lowest BCUT2D eigenvalue weighted by Gasteiger charge is -2.15. The molecule has 0 saturated carbocycles. The normalized spacial score (nSPS) is 16.7. The summed E-state index contributed by atoms with van der Waals surface area (Å²) in [5.41, 5.74) is 1.27. The van der Waals surface area contributed by atoms with Crippen LogP contribution >= 0.6 is 15.9 Å². The average molecular weight is 307 g/mol. The maximum Gasteiger partial charge on any atom is 0.0602 e. The third kappa shape index (κ3) is 4.45. The van der Waals surface area contributed by atoms with Crippen molar-refractivity contribution < 1.29 is 0 Å². The molecule has 1 saturated heterocycles. The molecule has 1 aromatic carbocycles. The summed E-state index contributed by atoms with van der Waals surface area (Å²) in [6.45, 7) is 5.40. The van der Waals surface area contributed by atoms with E-state index < -0.39 is 0 Å². The van der Waals surface area contributed by atoms with Crippen LogP contribution in [0.3, 0.4) is 0 Å². The summed E-state index contributed by atoms with van der Waals surface area (Å²) in [6, 6.07) is 8.28. The summed E-state index contributed by atoms with van der Waals surface area (Å²) in [5, 5.41) is 3.40. The van der Waals surface area contributed by atoms with Crippen molar-refractivity contribution in [2.24, 2.45) is 0 Å². The number of nitrogens with zero attached hydrogens (tertiary/aromatic N) is 1. The van der Waals surface area contributed by atoms with Crippen molar-refractivity contribution in [1.29, 1.82) is 0 Å². The molecule has 18 heavy (non-hydrogen) atoms. The van der Waals surface area contributed by atoms with Gasteiger partial charge in [-0.05, 0) is 24.6 Å². The van der Waals surface area contributed by atoms with E-state index in [0.717, 1.165) is 43.6 Å². The SMILES string of the molecule is Brc1ccccc1CC#CCN1CCCNCC1. The van der Waals surface area contributed by atoms with E-state index in [0.29, 0.717) is 0 Å². The van der Waals surface area contributed by atoms with Crippen molar-refractivity contribution in [1.82, 2.24) is 10.2 Å². The van der Waals surface area contributed by atoms with Gasteiger partial charge in [-0.15, -0.1) is 0 Å². The second kappa shape index (κ2) is 7.58. The molecule has 0 unspecified atom stereocenters. The number of benzene rings is 1. The zero-order valence-corrected chi connectivity index (χ0v) is 12.2. The molecule has 0 bridgehead atoms. The van der Waals surface area contributed by atoms with Gasteiger partial charge in [0, 0.05) is 30.5 Å². The van der Waals surface area contributed by atoms with Crippen LogP contribution in [-0.2, 0) is 6.42 Å². The zero-order chi connectivity index (χ0) is 12.6. The molecule has 1 heterocycles. The third-order valence-corrected chi connectivity index (χ3v) is 3.87. The van der Waals surface area contributed by atoms with E-state index in [1.165, 1.54) is 12.0 Å². The van der Waals surface area contributed by atoms with Crippen LogP contribution in [0.5, 0.6) is 0 Å². The van der Waals surface area contributed by atoms with E-state index in [-0.39, 0.29) is 0 Å². The summed E-state index contributed by atoms with van der Waals surface area (Å²) in [6.07, 6.45) is 2.05. The molecule has 1 aliphatic heterocycles. The topological polar surface area (TPSA) is 15.3 Å². The van der Waals surface area contributed by atoms with Crippen LogP contribution in [0, 0.1) is 11.8 Å². The van der Waals surface area contributed by atoms with E-state index in [1.807, 2.05) is 6.07 Å². The lowest BCUT2D eigenvalue weighted by atomic mass is 10.1. The second-order valence-corrected chi connectivity index (χ2v) is 5.36. The fraction of sp³-hybridized carbons (Fsp3) is 0.467. The number of hydrogen-bond acceptors (Lipinski definition) is 2. The maximum absolute atomic E-state index is 3.55. The Bertz CT molecular complexity index is 426. The first-order chi connectivity index (χ1) is 8.86. The van der Waals surface area contributed by atoms with Crippen molar-refractivity contribution in [2.75, 3.05) is 32.7 Å². The molecule has 3 heteroatoms. The van der Waals surface area contributed by atoms with Crippen molar-refractivity contribution in [3.8, 4) is 11.8 Å². The van der Waals surface area contributed by atoms with Gasteiger partial charge in [0.15, 0.2) is 0 Å². The van der Waals surface area contributed by atoms with Crippen LogP contribution in [0.2, 0.25) is 0 Å². The van der Waals surface area contributed by atoms with Crippen LogP contribution in [0.1, 0.15) is 12.0 Å². The number of rotatable bonds is 2. The monoisotopic (exact) mass is 306 g/mol. The minimum absolute atomic E-state index is 0.827. The highest BCUT2D eigenvalue weighted by atomic mass is 79.9. The summed E-state index contributed by atoms with van der Waals surface area (Å²) >= 11 is 3.55. The van der Waals surface area contributed by atoms with Gasteiger partial charge in [-0.1, -0.05) is 46.0 Å². The van der Waals surface area contributed by atoms with Gasteiger partial charge >= 0.3 is 0 Å². The molecule has 0 atom stereocenters. The van der Waals surface area contributed by atoms with Gasteiger partial charge in [-0.3, -0.25) is 4.90 Å². The van der Waals surface area contributed by atoms with Gasteiger partial charge in [0.05, 0.1) is 6.54 Å². The first-order valence-corrected chi connectivity index (χ1v) is 7.28. The first-order valence-electron chi connectivity index (χ1n) is 6.48. The molecule has 0 amide bonds. The molecular weight excluding hydrogens is 288 g/mol. The smallest absolute Gasteiger partial charge is 0.0602 e. The van der Waals surface area contributed by atoms with Gasteiger partial charge in [0.2, 0.25) is 0 Å². The highest BCUT2D eigenvalue weighted by Gasteiger charge is 2.05. The van der Waals surface area contributed by atoms with Crippen molar-refractivity contribution in [3.63, 3.8) is 0 Å².